The number of hydrogen-bond acceptors (Lipinski definition) is 12. The number of ether oxygens (including phenoxy) is 6. The highest BCUT2D eigenvalue weighted by Crippen LogP contribution is 2.34. The molecule has 0 radical (unpaired) electrons. The number of rotatable bonds is 20. The minimum Gasteiger partial charge on any atom is -0.493 e. The second kappa shape index (κ2) is 21.0. The summed E-state index contributed by atoms with van der Waals surface area (Å²) < 4.78 is 33.0. The molecule has 0 saturated heterocycles. The zero-order chi connectivity index (χ0) is 41.5. The molecular weight excluding hydrogens is 740 g/mol. The van der Waals surface area contributed by atoms with E-state index in [1.54, 1.807) is 24.3 Å². The van der Waals surface area contributed by atoms with E-state index in [0.29, 0.717) is 37.2 Å². The first kappa shape index (κ1) is 44.1. The third-order valence-electron chi connectivity index (χ3n) is 10.5. The van der Waals surface area contributed by atoms with Crippen LogP contribution in [0.25, 0.3) is 0 Å². The first-order valence-corrected chi connectivity index (χ1v) is 19.2. The van der Waals surface area contributed by atoms with Crippen molar-refractivity contribution < 1.29 is 67.4 Å². The van der Waals surface area contributed by atoms with Crippen molar-refractivity contribution in [1.82, 2.24) is 0 Å². The molecule has 0 amide bonds. The molecule has 2 aliphatic rings. The molecule has 2 N–H and O–H groups in total. The van der Waals surface area contributed by atoms with E-state index in [9.17, 15) is 39.0 Å². The van der Waals surface area contributed by atoms with Gasteiger partial charge in [-0.1, -0.05) is 64.1 Å². The SMILES string of the molecule is C=COC(=O)CC(COc1ccc(C(C)(C)c2ccc(OCC(COC(=O)C=C)C(=O)OC3CCCCC3C(=O)O)cc2)cc1)C(=O)OC1CCCCC1C(=O)O. The summed E-state index contributed by atoms with van der Waals surface area (Å²) in [6.45, 7) is 10.1. The molecule has 2 aromatic rings. The monoisotopic (exact) mass is 792 g/mol. The van der Waals surface area contributed by atoms with Gasteiger partial charge in [0.15, 0.2) is 0 Å². The molecule has 2 aromatic carbocycles. The van der Waals surface area contributed by atoms with Crippen LogP contribution in [0.4, 0.5) is 0 Å². The van der Waals surface area contributed by atoms with Crippen molar-refractivity contribution in [2.45, 2.75) is 89.3 Å². The number of aliphatic carboxylic acids is 2. The Labute approximate surface area is 332 Å². The quantitative estimate of drug-likeness (QED) is 0.0667. The molecule has 2 aliphatic carbocycles. The Morgan fingerprint density at radius 2 is 1.12 bits per heavy atom. The largest absolute Gasteiger partial charge is 0.493 e. The van der Waals surface area contributed by atoms with E-state index >= 15 is 0 Å². The third kappa shape index (κ3) is 12.7. The van der Waals surface area contributed by atoms with Crippen LogP contribution in [0.1, 0.15) is 82.8 Å². The van der Waals surface area contributed by atoms with Crippen molar-refractivity contribution in [2.75, 3.05) is 19.8 Å². The van der Waals surface area contributed by atoms with Crippen molar-refractivity contribution in [3.63, 3.8) is 0 Å². The van der Waals surface area contributed by atoms with Crippen LogP contribution in [-0.4, -0.2) is 78.1 Å². The van der Waals surface area contributed by atoms with E-state index in [1.165, 1.54) is 0 Å². The summed E-state index contributed by atoms with van der Waals surface area (Å²) in [6.07, 6.45) is 4.63. The van der Waals surface area contributed by atoms with Crippen LogP contribution < -0.4 is 9.47 Å². The van der Waals surface area contributed by atoms with Crippen molar-refractivity contribution in [3.8, 4) is 11.5 Å². The van der Waals surface area contributed by atoms with E-state index in [-0.39, 0.29) is 26.2 Å². The van der Waals surface area contributed by atoms with Gasteiger partial charge in [0.25, 0.3) is 0 Å². The average Bonchev–Trinajstić information content (AvgIpc) is 3.19. The summed E-state index contributed by atoms with van der Waals surface area (Å²) in [6, 6.07) is 14.5. The predicted octanol–water partition coefficient (Wildman–Crippen LogP) is 6.18. The smallest absolute Gasteiger partial charge is 0.330 e. The van der Waals surface area contributed by atoms with Gasteiger partial charge in [-0.15, -0.1) is 0 Å². The zero-order valence-corrected chi connectivity index (χ0v) is 32.4. The topological polar surface area (TPSA) is 198 Å². The number of carbonyl (C=O) groups excluding carboxylic acids is 4. The van der Waals surface area contributed by atoms with Crippen LogP contribution in [0.5, 0.6) is 11.5 Å². The molecule has 0 bridgehead atoms. The maximum atomic E-state index is 13.2. The van der Waals surface area contributed by atoms with Gasteiger partial charge in [-0.05, 0) is 73.9 Å². The van der Waals surface area contributed by atoms with Crippen LogP contribution in [0.15, 0.2) is 74.0 Å². The molecule has 2 fully saturated rings. The van der Waals surface area contributed by atoms with Crippen LogP contribution in [0.2, 0.25) is 0 Å². The maximum absolute atomic E-state index is 13.2. The molecule has 308 valence electrons. The van der Waals surface area contributed by atoms with Gasteiger partial charge in [-0.2, -0.15) is 0 Å². The lowest BCUT2D eigenvalue weighted by molar-refractivity contribution is -0.169. The third-order valence-corrected chi connectivity index (χ3v) is 10.5. The van der Waals surface area contributed by atoms with Crippen molar-refractivity contribution >= 4 is 35.8 Å². The Kier molecular flexibility index (Phi) is 16.3. The highest BCUT2D eigenvalue weighted by molar-refractivity contribution is 5.82. The number of hydrogen-bond donors (Lipinski definition) is 2. The van der Waals surface area contributed by atoms with E-state index in [0.717, 1.165) is 49.1 Å². The molecule has 0 aromatic heterocycles. The second-order valence-electron chi connectivity index (χ2n) is 14.8. The summed E-state index contributed by atoms with van der Waals surface area (Å²) in [5.74, 6) is -7.71. The average molecular weight is 793 g/mol. The van der Waals surface area contributed by atoms with Gasteiger partial charge < -0.3 is 38.6 Å². The fraction of sp³-hybridized carbons (Fsp3) is 0.488. The molecule has 0 aliphatic heterocycles. The van der Waals surface area contributed by atoms with Gasteiger partial charge in [0.2, 0.25) is 0 Å². The number of benzene rings is 2. The second-order valence-corrected chi connectivity index (χ2v) is 14.8. The van der Waals surface area contributed by atoms with Crippen LogP contribution in [-0.2, 0) is 53.1 Å². The summed E-state index contributed by atoms with van der Waals surface area (Å²) in [7, 11) is 0. The van der Waals surface area contributed by atoms with Gasteiger partial charge in [-0.3, -0.25) is 24.0 Å². The van der Waals surface area contributed by atoms with Gasteiger partial charge in [0.05, 0.1) is 24.5 Å². The van der Waals surface area contributed by atoms with E-state index in [2.05, 4.69) is 13.2 Å². The molecular formula is C43H52O14. The standard InChI is InChI=1S/C43H52O14/c1-5-37(44)55-26-28(42(51)57-36-14-10-8-12-34(36)40(48)49)25-54-32-21-17-30(18-22-32)43(3,4)29-15-19-31(20-16-29)53-24-27(23-38(45)52-6-2)41(50)56-35-13-9-7-11-33(35)39(46)47/h5-6,15-22,27-28,33-36H,1-2,7-14,23-26H2,3-4H3,(H,46,47)(H,48,49). The van der Waals surface area contributed by atoms with Crippen molar-refractivity contribution in [2.24, 2.45) is 23.7 Å². The lowest BCUT2D eigenvalue weighted by Crippen LogP contribution is -2.39. The van der Waals surface area contributed by atoms with E-state index in [1.807, 2.05) is 38.1 Å². The summed E-state index contributed by atoms with van der Waals surface area (Å²) in [5, 5.41) is 19.2. The molecule has 14 nitrogen and oxygen atoms in total. The predicted molar refractivity (Wildman–Crippen MR) is 204 cm³/mol. The highest BCUT2D eigenvalue weighted by Gasteiger charge is 2.37. The molecule has 57 heavy (non-hydrogen) atoms. The molecule has 6 atom stereocenters. The fourth-order valence-corrected chi connectivity index (χ4v) is 7.01. The molecule has 14 heteroatoms. The van der Waals surface area contributed by atoms with Gasteiger partial charge in [0, 0.05) is 11.5 Å². The van der Waals surface area contributed by atoms with Crippen molar-refractivity contribution in [1.29, 1.82) is 0 Å². The Bertz CT molecular complexity index is 1730. The normalized spacial score (nSPS) is 20.4. The number of carboxylic acid groups (broad SMARTS) is 2. The molecule has 0 heterocycles. The Morgan fingerprint density at radius 1 is 0.684 bits per heavy atom. The zero-order valence-electron chi connectivity index (χ0n) is 32.4. The summed E-state index contributed by atoms with van der Waals surface area (Å²) in [4.78, 5) is 73.9. The van der Waals surface area contributed by atoms with Gasteiger partial charge >= 0.3 is 35.8 Å². The lowest BCUT2D eigenvalue weighted by atomic mass is 9.78. The van der Waals surface area contributed by atoms with E-state index in [4.69, 9.17) is 28.4 Å². The number of carboxylic acids is 2. The Balaban J connectivity index is 1.38. The minimum absolute atomic E-state index is 0.185. The highest BCUT2D eigenvalue weighted by atomic mass is 16.6. The van der Waals surface area contributed by atoms with Gasteiger partial charge in [-0.25, -0.2) is 4.79 Å². The van der Waals surface area contributed by atoms with Crippen molar-refractivity contribution in [3.05, 3.63) is 85.2 Å². The van der Waals surface area contributed by atoms with Crippen LogP contribution in [0, 0.1) is 23.7 Å². The molecule has 0 spiro atoms. The Morgan fingerprint density at radius 3 is 1.56 bits per heavy atom. The Hall–Kier alpha value is -5.66. The lowest BCUT2D eigenvalue weighted by Gasteiger charge is -2.29. The van der Waals surface area contributed by atoms with E-state index < -0.39 is 77.1 Å². The maximum Gasteiger partial charge on any atom is 0.330 e. The van der Waals surface area contributed by atoms with Crippen LogP contribution >= 0.6 is 0 Å². The first-order valence-electron chi connectivity index (χ1n) is 19.2. The molecule has 4 rings (SSSR count). The summed E-state index contributed by atoms with van der Waals surface area (Å²) in [5.41, 5.74) is 1.37. The fourth-order valence-electron chi connectivity index (χ4n) is 7.01. The van der Waals surface area contributed by atoms with Gasteiger partial charge in [0.1, 0.15) is 55.4 Å². The number of carbonyl (C=O) groups is 6. The molecule has 6 unspecified atom stereocenters. The summed E-state index contributed by atoms with van der Waals surface area (Å²) >= 11 is 0. The number of esters is 4. The molecule has 2 saturated carbocycles. The van der Waals surface area contributed by atoms with Crippen LogP contribution in [0.3, 0.4) is 0 Å². The minimum atomic E-state index is -1.05. The first-order chi connectivity index (χ1) is 27.2.